The first-order valence-corrected chi connectivity index (χ1v) is 11.6. The fourth-order valence-corrected chi connectivity index (χ4v) is 4.08. The minimum atomic E-state index is -1.64. The molecule has 0 spiro atoms. The Balaban J connectivity index is 0.000000433. The molecule has 0 unspecified atom stereocenters. The average Bonchev–Trinajstić information content (AvgIpc) is 2.82. The van der Waals surface area contributed by atoms with E-state index in [9.17, 15) is 24.9 Å². The number of rotatable bonds is 5. The van der Waals surface area contributed by atoms with Crippen molar-refractivity contribution in [2.24, 2.45) is 11.5 Å². The van der Waals surface area contributed by atoms with Gasteiger partial charge in [0.2, 0.25) is 0 Å². The fraction of sp³-hybridized carbons (Fsp3) is 0.565. The van der Waals surface area contributed by atoms with E-state index in [4.69, 9.17) is 16.6 Å². The van der Waals surface area contributed by atoms with E-state index < -0.39 is 36.2 Å². The van der Waals surface area contributed by atoms with Crippen LogP contribution in [0.25, 0.3) is 22.6 Å². The van der Waals surface area contributed by atoms with Crippen LogP contribution in [0.1, 0.15) is 36.8 Å². The zero-order valence-corrected chi connectivity index (χ0v) is 22.5. The molecule has 2 aliphatic heterocycles. The quantitative estimate of drug-likeness (QED) is 0.154. The second-order valence-corrected chi connectivity index (χ2v) is 9.11. The minimum absolute atomic E-state index is 0. The third kappa shape index (κ3) is 6.83. The summed E-state index contributed by atoms with van der Waals surface area (Å²) in [4.78, 5) is 34.0. The van der Waals surface area contributed by atoms with E-state index in [1.165, 1.54) is 17.4 Å². The smallest absolute Gasteiger partial charge is 0.349 e. The van der Waals surface area contributed by atoms with Crippen LogP contribution in [0.4, 0.5) is 0 Å². The van der Waals surface area contributed by atoms with Crippen molar-refractivity contribution in [3.63, 3.8) is 0 Å². The van der Waals surface area contributed by atoms with Crippen LogP contribution in [0.5, 0.6) is 0 Å². The number of aliphatic hydroxyl groups excluding tert-OH is 4. The van der Waals surface area contributed by atoms with Crippen LogP contribution in [0.2, 0.25) is 0 Å². The first kappa shape index (κ1) is 30.2. The summed E-state index contributed by atoms with van der Waals surface area (Å²) in [6.07, 6.45) is 0.117. The summed E-state index contributed by atoms with van der Waals surface area (Å²) in [5.74, 6) is -0.0516. The number of aromatic nitrogens is 4. The van der Waals surface area contributed by atoms with Crippen molar-refractivity contribution in [3.05, 3.63) is 44.1 Å². The van der Waals surface area contributed by atoms with E-state index in [0.29, 0.717) is 11.0 Å². The number of hydrogen-bond acceptors (Lipinski definition) is 10. The predicted molar refractivity (Wildman–Crippen MR) is 130 cm³/mol. The van der Waals surface area contributed by atoms with Gasteiger partial charge in [-0.1, -0.05) is 12.8 Å². The molecule has 3 aliphatic rings. The molecule has 0 radical (unpaired) electrons. The monoisotopic (exact) mass is 685 g/mol. The van der Waals surface area contributed by atoms with E-state index in [0.717, 1.165) is 24.0 Å². The standard InChI is InChI=1S/C17H20N4O6.C6H14N2.Pt/c1-7-3-9-10(4-8(7)2)21(5-11(23)14(25)12(24)6-22)15-13(18-9)16(26)20-17(27)19-15;7-5-3-1-2-4-6(5)8;/h3-4,11-12,14,22-25H,5-6H2,1-2H3,(H,20,26,27);5-6H,1-4,7-8H2;/t11-,12+,14-;5-,6-;/m11./s1. The average molecular weight is 686 g/mol. The predicted octanol–water partition coefficient (Wildman–Crippen LogP) is -1.51. The van der Waals surface area contributed by atoms with Gasteiger partial charge < -0.3 is 36.5 Å². The van der Waals surface area contributed by atoms with E-state index >= 15 is 0 Å². The molecule has 0 aromatic heterocycles. The van der Waals surface area contributed by atoms with Crippen molar-refractivity contribution in [2.75, 3.05) is 6.61 Å². The number of nitrogens with two attached hydrogens (primary N) is 2. The van der Waals surface area contributed by atoms with Crippen molar-refractivity contribution in [3.8, 4) is 11.5 Å². The number of fused-ring (bicyclic) bond motifs is 2. The SMILES string of the molecule is Cc1cc2nc3c(=O)[nH]c(=O)nc-3n(C[C@@H](O)[C@@H](O)[C@@H](O)CO)c2cc1C.N[C@@H]1CCCC[C@H]1N.[Pt]. The van der Waals surface area contributed by atoms with Gasteiger partial charge in [-0.25, -0.2) is 9.78 Å². The summed E-state index contributed by atoms with van der Waals surface area (Å²) in [6.45, 7) is 2.73. The molecule has 36 heavy (non-hydrogen) atoms. The normalized spacial score (nSPS) is 20.2. The first-order chi connectivity index (χ1) is 16.5. The Hall–Kier alpha value is -2.05. The molecule has 4 rings (SSSR count). The minimum Gasteiger partial charge on any atom is -0.394 e. The largest absolute Gasteiger partial charge is 0.394 e. The van der Waals surface area contributed by atoms with Crippen molar-refractivity contribution in [1.82, 2.24) is 19.5 Å². The van der Waals surface area contributed by atoms with Gasteiger partial charge >= 0.3 is 5.69 Å². The topological polar surface area (TPSA) is 214 Å². The summed E-state index contributed by atoms with van der Waals surface area (Å²) in [6, 6.07) is 4.09. The van der Waals surface area contributed by atoms with Crippen LogP contribution in [0.3, 0.4) is 0 Å². The van der Waals surface area contributed by atoms with E-state index in [1.807, 2.05) is 13.8 Å². The molecule has 1 aromatic rings. The van der Waals surface area contributed by atoms with Crippen LogP contribution in [-0.4, -0.2) is 76.9 Å². The van der Waals surface area contributed by atoms with Crippen LogP contribution < -0.4 is 22.7 Å². The van der Waals surface area contributed by atoms with Gasteiger partial charge in [-0.15, -0.1) is 0 Å². The van der Waals surface area contributed by atoms with Crippen molar-refractivity contribution < 1.29 is 41.5 Å². The Morgan fingerprint density at radius 1 is 1.03 bits per heavy atom. The molecule has 1 fully saturated rings. The second kappa shape index (κ2) is 13.0. The Morgan fingerprint density at radius 3 is 2.17 bits per heavy atom. The molecule has 0 bridgehead atoms. The van der Waals surface area contributed by atoms with Gasteiger partial charge in [-0.05, 0) is 49.9 Å². The molecule has 1 saturated carbocycles. The van der Waals surface area contributed by atoms with Gasteiger partial charge in [-0.3, -0.25) is 9.78 Å². The summed E-state index contributed by atoms with van der Waals surface area (Å²) >= 11 is 0. The van der Waals surface area contributed by atoms with Gasteiger partial charge in [0, 0.05) is 33.1 Å². The summed E-state index contributed by atoms with van der Waals surface area (Å²) in [7, 11) is 0. The van der Waals surface area contributed by atoms with Crippen LogP contribution in [0, 0.1) is 13.8 Å². The number of nitrogens with one attached hydrogen (secondary N) is 1. The van der Waals surface area contributed by atoms with Gasteiger partial charge in [-0.2, -0.15) is 4.98 Å². The maximum Gasteiger partial charge on any atom is 0.349 e. The van der Waals surface area contributed by atoms with Crippen molar-refractivity contribution in [1.29, 1.82) is 0 Å². The number of benzene rings is 1. The third-order valence-corrected chi connectivity index (χ3v) is 6.44. The molecule has 2 heterocycles. The van der Waals surface area contributed by atoms with Gasteiger partial charge in [0.25, 0.3) is 5.56 Å². The van der Waals surface area contributed by atoms with Crippen molar-refractivity contribution >= 4 is 11.0 Å². The number of hydrogen-bond donors (Lipinski definition) is 7. The summed E-state index contributed by atoms with van der Waals surface area (Å²) in [5, 5.41) is 38.8. The van der Waals surface area contributed by atoms with Crippen molar-refractivity contribution in [2.45, 2.75) is 76.5 Å². The Kier molecular flexibility index (Phi) is 10.9. The Morgan fingerprint density at radius 2 is 1.61 bits per heavy atom. The summed E-state index contributed by atoms with van der Waals surface area (Å²) < 4.78 is 1.40. The first-order valence-electron chi connectivity index (χ1n) is 11.6. The van der Waals surface area contributed by atoms with E-state index in [2.05, 4.69) is 15.0 Å². The molecule has 5 atom stereocenters. The second-order valence-electron chi connectivity index (χ2n) is 9.11. The third-order valence-electron chi connectivity index (χ3n) is 6.44. The molecule has 1 aliphatic carbocycles. The molecule has 1 aromatic carbocycles. The Bertz CT molecular complexity index is 1240. The maximum absolute atomic E-state index is 12.2. The van der Waals surface area contributed by atoms with Gasteiger partial charge in [0.05, 0.1) is 24.2 Å². The van der Waals surface area contributed by atoms with E-state index in [1.54, 1.807) is 12.1 Å². The molecular formula is C23H34N6O6Pt. The molecule has 13 heteroatoms. The van der Waals surface area contributed by atoms with E-state index in [-0.39, 0.29) is 51.2 Å². The maximum atomic E-state index is 12.2. The van der Waals surface area contributed by atoms with Crippen LogP contribution in [-0.2, 0) is 27.6 Å². The molecule has 9 N–H and O–H groups in total. The fourth-order valence-electron chi connectivity index (χ4n) is 4.08. The van der Waals surface area contributed by atoms with Gasteiger partial charge in [0.15, 0.2) is 11.5 Å². The number of aryl methyl sites for hydroxylation is 2. The van der Waals surface area contributed by atoms with Gasteiger partial charge in [0.1, 0.15) is 18.3 Å². The molecule has 202 valence electrons. The molecular weight excluding hydrogens is 651 g/mol. The number of nitrogens with zero attached hydrogens (tertiary/aromatic N) is 3. The molecule has 12 nitrogen and oxygen atoms in total. The van der Waals surface area contributed by atoms with Crippen LogP contribution >= 0.6 is 0 Å². The number of H-pyrrole nitrogens is 1. The molecule has 0 amide bonds. The summed E-state index contributed by atoms with van der Waals surface area (Å²) in [5.41, 5.74) is 12.4. The number of aliphatic hydroxyl groups is 4. The zero-order chi connectivity index (χ0) is 25.9. The number of aromatic amines is 1. The zero-order valence-electron chi connectivity index (χ0n) is 20.2. The van der Waals surface area contributed by atoms with Crippen LogP contribution in [0.15, 0.2) is 21.7 Å². The molecule has 0 saturated heterocycles. The Labute approximate surface area is 222 Å².